The summed E-state index contributed by atoms with van der Waals surface area (Å²) in [6.45, 7) is 4.88. The number of rotatable bonds is 3. The van der Waals surface area contributed by atoms with Crippen molar-refractivity contribution >= 4 is 23.7 Å². The zero-order valence-corrected chi connectivity index (χ0v) is 12.0. The van der Waals surface area contributed by atoms with Crippen molar-refractivity contribution < 1.29 is 44.0 Å². The van der Waals surface area contributed by atoms with Crippen molar-refractivity contribution in [1.29, 1.82) is 0 Å². The number of aliphatic hydroxyl groups is 2. The average molecular weight is 306 g/mol. The van der Waals surface area contributed by atoms with Crippen LogP contribution in [0.1, 0.15) is 27.7 Å². The molecule has 4 atom stereocenters. The molecule has 1 rings (SSSR count). The number of hydrogen-bond donors (Lipinski definition) is 3. The van der Waals surface area contributed by atoms with Crippen molar-refractivity contribution in [2.75, 3.05) is 0 Å². The maximum atomic E-state index is 10.7. The second kappa shape index (κ2) is 7.14. The minimum atomic E-state index is -2.49. The summed E-state index contributed by atoms with van der Waals surface area (Å²) in [7, 11) is 0. The molecule has 0 aliphatic carbocycles. The van der Waals surface area contributed by atoms with Crippen LogP contribution in [0.3, 0.4) is 0 Å². The number of carbonyl (C=O) groups is 4. The number of carboxylic acid groups (broad SMARTS) is 1. The highest BCUT2D eigenvalue weighted by atomic mass is 16.6. The first kappa shape index (κ1) is 19.0. The highest BCUT2D eigenvalue weighted by Crippen LogP contribution is 2.08. The minimum Gasteiger partial charge on any atom is -0.479 e. The van der Waals surface area contributed by atoms with Gasteiger partial charge >= 0.3 is 17.9 Å². The molecule has 9 heteroatoms. The van der Waals surface area contributed by atoms with Crippen LogP contribution < -0.4 is 0 Å². The van der Waals surface area contributed by atoms with Gasteiger partial charge in [-0.1, -0.05) is 0 Å². The highest BCUT2D eigenvalue weighted by Gasteiger charge is 2.40. The number of ketones is 1. The van der Waals surface area contributed by atoms with Crippen LogP contribution in [0.25, 0.3) is 0 Å². The first-order valence-electron chi connectivity index (χ1n) is 6.00. The fourth-order valence-corrected chi connectivity index (χ4v) is 1.15. The number of aliphatic carboxylic acids is 1. The average Bonchev–Trinajstić information content (AvgIpc) is 2.36. The van der Waals surface area contributed by atoms with Gasteiger partial charge in [-0.3, -0.25) is 4.79 Å². The van der Waals surface area contributed by atoms with Crippen molar-refractivity contribution in [2.24, 2.45) is 0 Å². The fraction of sp³-hybridized carbons (Fsp3) is 0.667. The van der Waals surface area contributed by atoms with Crippen LogP contribution in [0.15, 0.2) is 0 Å². The van der Waals surface area contributed by atoms with E-state index in [0.717, 1.165) is 13.8 Å². The van der Waals surface area contributed by atoms with Crippen molar-refractivity contribution in [2.45, 2.75) is 51.6 Å². The zero-order chi connectivity index (χ0) is 17.0. The molecule has 1 aliphatic heterocycles. The van der Waals surface area contributed by atoms with Gasteiger partial charge in [0.2, 0.25) is 11.4 Å². The van der Waals surface area contributed by atoms with Crippen LogP contribution in [0.5, 0.6) is 0 Å². The molecule has 1 saturated heterocycles. The molecule has 0 aromatic carbocycles. The van der Waals surface area contributed by atoms with Crippen LogP contribution in [0.4, 0.5) is 0 Å². The Kier molecular flexibility index (Phi) is 6.46. The molecular weight excluding hydrogens is 288 g/mol. The lowest BCUT2D eigenvalue weighted by molar-refractivity contribution is -0.191. The number of carbonyl (C=O) groups excluding carboxylic acids is 3. The van der Waals surface area contributed by atoms with Crippen LogP contribution in [-0.2, 0) is 28.7 Å². The van der Waals surface area contributed by atoms with E-state index in [1.54, 1.807) is 0 Å². The summed E-state index contributed by atoms with van der Waals surface area (Å²) in [6.07, 6.45) is -2.96. The number of cyclic esters (lactones) is 2. The summed E-state index contributed by atoms with van der Waals surface area (Å²) in [6, 6.07) is 0. The second-order valence-electron chi connectivity index (χ2n) is 4.58. The Bertz CT molecular complexity index is 418. The van der Waals surface area contributed by atoms with Gasteiger partial charge in [-0.15, -0.1) is 0 Å². The van der Waals surface area contributed by atoms with Crippen LogP contribution in [0.2, 0.25) is 0 Å². The molecule has 1 heterocycles. The van der Waals surface area contributed by atoms with Gasteiger partial charge in [-0.05, 0) is 27.7 Å². The monoisotopic (exact) mass is 306 g/mol. The summed E-state index contributed by atoms with van der Waals surface area (Å²) in [5.74, 6) is -3.74. The van der Waals surface area contributed by atoms with Gasteiger partial charge in [0.1, 0.15) is 6.10 Å². The number of hydrogen-bond acceptors (Lipinski definition) is 8. The molecule has 0 aromatic rings. The quantitative estimate of drug-likeness (QED) is 0.424. The molecule has 120 valence electrons. The van der Waals surface area contributed by atoms with E-state index in [-0.39, 0.29) is 0 Å². The Hall–Kier alpha value is -2.00. The molecule has 3 N–H and O–H groups in total. The lowest BCUT2D eigenvalue weighted by Gasteiger charge is -2.22. The highest BCUT2D eigenvalue weighted by molar-refractivity contribution is 6.07. The lowest BCUT2D eigenvalue weighted by atomic mass is 9.98. The van der Waals surface area contributed by atoms with Crippen molar-refractivity contribution in [3.8, 4) is 0 Å². The molecule has 21 heavy (non-hydrogen) atoms. The number of carboxylic acids is 1. The predicted octanol–water partition coefficient (Wildman–Crippen LogP) is -1.36. The Balaban J connectivity index is 0.000000382. The molecule has 0 bridgehead atoms. The third kappa shape index (κ3) is 5.12. The van der Waals surface area contributed by atoms with Gasteiger partial charge in [-0.25, -0.2) is 14.4 Å². The van der Waals surface area contributed by atoms with Gasteiger partial charge in [0.25, 0.3) is 0 Å². The van der Waals surface area contributed by atoms with Crippen LogP contribution in [-0.4, -0.2) is 62.9 Å². The lowest BCUT2D eigenvalue weighted by Crippen LogP contribution is -2.48. The molecule has 4 unspecified atom stereocenters. The van der Waals surface area contributed by atoms with Gasteiger partial charge in [-0.2, -0.15) is 0 Å². The van der Waals surface area contributed by atoms with Crippen molar-refractivity contribution in [3.63, 3.8) is 0 Å². The summed E-state index contributed by atoms with van der Waals surface area (Å²) in [5, 5.41) is 25.8. The van der Waals surface area contributed by atoms with Gasteiger partial charge in [0.15, 0.2) is 12.2 Å². The number of aliphatic hydroxyl groups excluding tert-OH is 1. The standard InChI is InChI=1S/C6H10O5.C6H8O4/c1-3(7)4(8)6(2,11)5(9)10;1-3-5(7)10-4(2)6(8)9-3/h3,7,11H,1-2H3,(H,9,10);3-4H,1-2H3. The van der Waals surface area contributed by atoms with Crippen molar-refractivity contribution in [3.05, 3.63) is 0 Å². The Morgan fingerprint density at radius 1 is 1.14 bits per heavy atom. The SMILES string of the molecule is CC(O)C(=O)C(C)(O)C(=O)O.CC1OC(=O)C(C)OC1=O. The van der Waals surface area contributed by atoms with E-state index in [4.69, 9.17) is 15.3 Å². The molecule has 0 amide bonds. The maximum Gasteiger partial charge on any atom is 0.347 e. The fourth-order valence-electron chi connectivity index (χ4n) is 1.15. The van der Waals surface area contributed by atoms with E-state index in [1.807, 2.05) is 0 Å². The molecule has 0 spiro atoms. The maximum absolute atomic E-state index is 10.7. The van der Waals surface area contributed by atoms with Gasteiger partial charge < -0.3 is 24.8 Å². The van der Waals surface area contributed by atoms with Gasteiger partial charge in [0, 0.05) is 0 Å². The summed E-state index contributed by atoms with van der Waals surface area (Å²) in [4.78, 5) is 42.2. The largest absolute Gasteiger partial charge is 0.479 e. The number of esters is 2. The third-order valence-corrected chi connectivity index (χ3v) is 2.53. The normalized spacial score (nSPS) is 25.4. The van der Waals surface area contributed by atoms with Crippen molar-refractivity contribution in [1.82, 2.24) is 0 Å². The van der Waals surface area contributed by atoms with E-state index in [2.05, 4.69) is 9.47 Å². The second-order valence-corrected chi connectivity index (χ2v) is 4.58. The zero-order valence-electron chi connectivity index (χ0n) is 12.0. The summed E-state index contributed by atoms with van der Waals surface area (Å²) >= 11 is 0. The molecular formula is C12H18O9. The summed E-state index contributed by atoms with van der Waals surface area (Å²) in [5.41, 5.74) is -2.49. The Morgan fingerprint density at radius 3 is 1.67 bits per heavy atom. The first-order chi connectivity index (χ1) is 9.41. The first-order valence-corrected chi connectivity index (χ1v) is 6.00. The summed E-state index contributed by atoms with van der Waals surface area (Å²) < 4.78 is 9.19. The molecule has 0 saturated carbocycles. The van der Waals surface area contributed by atoms with Gasteiger partial charge in [0.05, 0.1) is 0 Å². The topological polar surface area (TPSA) is 147 Å². The third-order valence-electron chi connectivity index (χ3n) is 2.53. The molecule has 0 radical (unpaired) electrons. The van der Waals surface area contributed by atoms with E-state index in [1.165, 1.54) is 13.8 Å². The van der Waals surface area contributed by atoms with E-state index < -0.39 is 47.6 Å². The van der Waals surface area contributed by atoms with E-state index in [9.17, 15) is 19.2 Å². The molecule has 1 aliphatic rings. The van der Waals surface area contributed by atoms with Crippen LogP contribution >= 0.6 is 0 Å². The molecule has 1 fully saturated rings. The predicted molar refractivity (Wildman–Crippen MR) is 66.1 cm³/mol. The minimum absolute atomic E-state index is 0.480. The number of ether oxygens (including phenoxy) is 2. The molecule has 0 aromatic heterocycles. The smallest absolute Gasteiger partial charge is 0.347 e. The van der Waals surface area contributed by atoms with E-state index in [0.29, 0.717) is 0 Å². The number of Topliss-reactive ketones (excluding diaryl/α,β-unsaturated/α-hetero) is 1. The van der Waals surface area contributed by atoms with Crippen LogP contribution in [0, 0.1) is 0 Å². The Morgan fingerprint density at radius 2 is 1.48 bits per heavy atom. The Labute approximate surface area is 120 Å². The molecule has 9 nitrogen and oxygen atoms in total. The van der Waals surface area contributed by atoms with E-state index >= 15 is 0 Å².